The largest absolute Gasteiger partial charge is 0.341 e. The van der Waals surface area contributed by atoms with Crippen molar-refractivity contribution in [2.45, 2.75) is 13.0 Å². The molecule has 1 atom stereocenters. The first-order valence-electron chi connectivity index (χ1n) is 4.83. The monoisotopic (exact) mass is 384 g/mol. The maximum absolute atomic E-state index is 11.8. The standard InChI is InChI=1S/C9H10ClIN4O3/c1-4(7(16)14-9(18)12-2)15-3-13-6(10)5(11)8(15)17/h3-4H,1-2H3,(H2,12,14,16,18). The molecule has 18 heavy (non-hydrogen) atoms. The molecule has 0 saturated heterocycles. The number of amides is 3. The number of nitrogens with zero attached hydrogens (tertiary/aromatic N) is 2. The van der Waals surface area contributed by atoms with Crippen molar-refractivity contribution < 1.29 is 9.59 Å². The van der Waals surface area contributed by atoms with Gasteiger partial charge in [0.05, 0.1) is 6.33 Å². The Morgan fingerprint density at radius 3 is 2.72 bits per heavy atom. The molecule has 9 heteroatoms. The second-order valence-corrected chi connectivity index (χ2v) is 4.74. The van der Waals surface area contributed by atoms with Crippen LogP contribution in [0.25, 0.3) is 0 Å². The van der Waals surface area contributed by atoms with Crippen molar-refractivity contribution >= 4 is 46.1 Å². The summed E-state index contributed by atoms with van der Waals surface area (Å²) in [7, 11) is 1.38. The van der Waals surface area contributed by atoms with E-state index in [4.69, 9.17) is 11.6 Å². The number of imide groups is 1. The van der Waals surface area contributed by atoms with Crippen molar-refractivity contribution in [2.75, 3.05) is 7.05 Å². The van der Waals surface area contributed by atoms with E-state index in [1.54, 1.807) is 22.6 Å². The lowest BCUT2D eigenvalue weighted by Crippen LogP contribution is -2.43. The molecule has 0 radical (unpaired) electrons. The van der Waals surface area contributed by atoms with Crippen LogP contribution in [0.15, 0.2) is 11.1 Å². The quantitative estimate of drug-likeness (QED) is 0.574. The van der Waals surface area contributed by atoms with E-state index in [1.807, 2.05) is 0 Å². The first-order chi connectivity index (χ1) is 8.38. The van der Waals surface area contributed by atoms with Crippen molar-refractivity contribution in [1.29, 1.82) is 0 Å². The van der Waals surface area contributed by atoms with Gasteiger partial charge in [-0.3, -0.25) is 19.5 Å². The molecule has 1 unspecified atom stereocenters. The Hall–Kier alpha value is -1.16. The van der Waals surface area contributed by atoms with Gasteiger partial charge in [-0.05, 0) is 29.5 Å². The average Bonchev–Trinajstić information content (AvgIpc) is 2.35. The molecule has 0 aliphatic carbocycles. The minimum atomic E-state index is -0.868. The van der Waals surface area contributed by atoms with E-state index in [0.29, 0.717) is 0 Å². The minimum absolute atomic E-state index is 0.0794. The predicted octanol–water partition coefficient (Wildman–Crippen LogP) is 0.518. The number of nitrogens with one attached hydrogen (secondary N) is 2. The molecule has 1 aromatic rings. The maximum atomic E-state index is 11.8. The number of hydrogen-bond acceptors (Lipinski definition) is 4. The number of carbonyl (C=O) groups excluding carboxylic acids is 2. The highest BCUT2D eigenvalue weighted by Crippen LogP contribution is 2.11. The topological polar surface area (TPSA) is 93.1 Å². The van der Waals surface area contributed by atoms with Gasteiger partial charge in [0, 0.05) is 7.05 Å². The van der Waals surface area contributed by atoms with Crippen molar-refractivity contribution in [3.63, 3.8) is 0 Å². The first kappa shape index (κ1) is 14.9. The second kappa shape index (κ2) is 6.14. The Kier molecular flexibility index (Phi) is 5.08. The summed E-state index contributed by atoms with van der Waals surface area (Å²) in [4.78, 5) is 38.3. The zero-order valence-corrected chi connectivity index (χ0v) is 12.4. The van der Waals surface area contributed by atoms with Crippen LogP contribution in [0.1, 0.15) is 13.0 Å². The third kappa shape index (κ3) is 3.19. The van der Waals surface area contributed by atoms with E-state index in [2.05, 4.69) is 15.6 Å². The highest BCUT2D eigenvalue weighted by molar-refractivity contribution is 14.1. The third-order valence-electron chi connectivity index (χ3n) is 2.16. The van der Waals surface area contributed by atoms with Gasteiger partial charge in [0.2, 0.25) is 0 Å². The van der Waals surface area contributed by atoms with E-state index >= 15 is 0 Å². The van der Waals surface area contributed by atoms with Crippen molar-refractivity contribution in [3.8, 4) is 0 Å². The summed E-state index contributed by atoms with van der Waals surface area (Å²) in [5.41, 5.74) is -0.435. The van der Waals surface area contributed by atoms with Crippen LogP contribution in [0.2, 0.25) is 5.15 Å². The number of urea groups is 1. The molecule has 0 spiro atoms. The lowest BCUT2D eigenvalue weighted by Gasteiger charge is -2.14. The van der Waals surface area contributed by atoms with Crippen LogP contribution in [-0.4, -0.2) is 28.5 Å². The summed E-state index contributed by atoms with van der Waals surface area (Å²) in [5.74, 6) is -0.614. The van der Waals surface area contributed by atoms with Crippen LogP contribution in [-0.2, 0) is 4.79 Å². The van der Waals surface area contributed by atoms with Gasteiger partial charge >= 0.3 is 6.03 Å². The molecule has 0 aliphatic rings. The van der Waals surface area contributed by atoms with E-state index in [1.165, 1.54) is 20.3 Å². The Labute approximate surface area is 121 Å². The van der Waals surface area contributed by atoms with Gasteiger partial charge in [-0.1, -0.05) is 11.6 Å². The van der Waals surface area contributed by atoms with Crippen LogP contribution in [0.5, 0.6) is 0 Å². The van der Waals surface area contributed by atoms with Crippen molar-refractivity contribution in [3.05, 3.63) is 25.4 Å². The first-order valence-corrected chi connectivity index (χ1v) is 6.28. The fourth-order valence-electron chi connectivity index (χ4n) is 1.10. The van der Waals surface area contributed by atoms with Crippen LogP contribution >= 0.6 is 34.2 Å². The average molecular weight is 385 g/mol. The summed E-state index contributed by atoms with van der Waals surface area (Å²) in [6, 6.07) is -1.51. The second-order valence-electron chi connectivity index (χ2n) is 3.31. The van der Waals surface area contributed by atoms with Gasteiger partial charge < -0.3 is 5.32 Å². The van der Waals surface area contributed by atoms with Crippen LogP contribution in [0.4, 0.5) is 4.79 Å². The molecule has 0 aliphatic heterocycles. The molecular weight excluding hydrogens is 374 g/mol. The number of carbonyl (C=O) groups is 2. The molecule has 0 saturated carbocycles. The van der Waals surface area contributed by atoms with E-state index < -0.39 is 23.5 Å². The molecule has 1 rings (SSSR count). The molecule has 0 bridgehead atoms. The van der Waals surface area contributed by atoms with Crippen LogP contribution in [0.3, 0.4) is 0 Å². The number of hydrogen-bond donors (Lipinski definition) is 2. The summed E-state index contributed by atoms with van der Waals surface area (Å²) in [6.07, 6.45) is 1.17. The summed E-state index contributed by atoms with van der Waals surface area (Å²) in [5, 5.41) is 4.40. The molecule has 0 aromatic carbocycles. The van der Waals surface area contributed by atoms with Crippen molar-refractivity contribution in [2.24, 2.45) is 0 Å². The highest BCUT2D eigenvalue weighted by atomic mass is 127. The van der Waals surface area contributed by atoms with E-state index in [0.717, 1.165) is 4.57 Å². The van der Waals surface area contributed by atoms with Gasteiger partial charge in [-0.2, -0.15) is 0 Å². The minimum Gasteiger partial charge on any atom is -0.341 e. The summed E-state index contributed by atoms with van der Waals surface area (Å²) >= 11 is 7.43. The van der Waals surface area contributed by atoms with Gasteiger partial charge in [0.25, 0.3) is 11.5 Å². The van der Waals surface area contributed by atoms with Crippen molar-refractivity contribution in [1.82, 2.24) is 20.2 Å². The number of rotatable bonds is 2. The Morgan fingerprint density at radius 2 is 2.17 bits per heavy atom. The smallest absolute Gasteiger partial charge is 0.321 e. The molecule has 3 amide bonds. The summed E-state index contributed by atoms with van der Waals surface area (Å²) < 4.78 is 1.32. The Morgan fingerprint density at radius 1 is 1.56 bits per heavy atom. The van der Waals surface area contributed by atoms with Crippen LogP contribution in [0, 0.1) is 3.57 Å². The van der Waals surface area contributed by atoms with E-state index in [-0.39, 0.29) is 8.72 Å². The molecule has 7 nitrogen and oxygen atoms in total. The predicted molar refractivity (Wildman–Crippen MR) is 73.5 cm³/mol. The molecular formula is C9H10ClIN4O3. The molecule has 1 aromatic heterocycles. The lowest BCUT2D eigenvalue weighted by molar-refractivity contribution is -0.122. The number of halogens is 2. The zero-order valence-electron chi connectivity index (χ0n) is 9.53. The Balaban J connectivity index is 3.01. The summed E-state index contributed by atoms with van der Waals surface area (Å²) in [6.45, 7) is 1.48. The van der Waals surface area contributed by atoms with Gasteiger partial charge in [-0.15, -0.1) is 0 Å². The SMILES string of the molecule is CNC(=O)NC(=O)C(C)n1cnc(Cl)c(I)c1=O. The number of aromatic nitrogens is 2. The van der Waals surface area contributed by atoms with Gasteiger partial charge in [0.15, 0.2) is 0 Å². The molecule has 0 fully saturated rings. The zero-order chi connectivity index (χ0) is 13.9. The molecule has 1 heterocycles. The van der Waals surface area contributed by atoms with E-state index in [9.17, 15) is 14.4 Å². The fraction of sp³-hybridized carbons (Fsp3) is 0.333. The third-order valence-corrected chi connectivity index (χ3v) is 3.74. The van der Waals surface area contributed by atoms with Crippen LogP contribution < -0.4 is 16.2 Å². The van der Waals surface area contributed by atoms with Gasteiger partial charge in [0.1, 0.15) is 14.8 Å². The maximum Gasteiger partial charge on any atom is 0.321 e. The highest BCUT2D eigenvalue weighted by Gasteiger charge is 2.20. The van der Waals surface area contributed by atoms with Gasteiger partial charge in [-0.25, -0.2) is 9.78 Å². The fourth-order valence-corrected chi connectivity index (χ4v) is 1.65. The Bertz CT molecular complexity index is 545. The normalized spacial score (nSPS) is 11.8. The lowest BCUT2D eigenvalue weighted by atomic mass is 10.3. The molecule has 98 valence electrons. The molecule has 2 N–H and O–H groups in total.